The normalized spacial score (nSPS) is 10.9. The molecule has 0 radical (unpaired) electrons. The molecule has 0 fully saturated rings. The van der Waals surface area contributed by atoms with Gasteiger partial charge in [-0.1, -0.05) is 31.2 Å². The van der Waals surface area contributed by atoms with Crippen molar-refractivity contribution in [1.29, 1.82) is 0 Å². The summed E-state index contributed by atoms with van der Waals surface area (Å²) in [7, 11) is 1.46. The van der Waals surface area contributed by atoms with Crippen molar-refractivity contribution >= 4 is 12.1 Å². The molecule has 7 heteroatoms. The predicted octanol–water partition coefficient (Wildman–Crippen LogP) is 3.12. The molecule has 0 atom stereocenters. The van der Waals surface area contributed by atoms with Crippen LogP contribution < -0.4 is 10.2 Å². The molecule has 3 aromatic rings. The largest absolute Gasteiger partial charge is 0.504 e. The van der Waals surface area contributed by atoms with Crippen molar-refractivity contribution in [3.63, 3.8) is 0 Å². The third kappa shape index (κ3) is 4.33. The molecule has 3 rings (SSSR count). The van der Waals surface area contributed by atoms with E-state index in [4.69, 9.17) is 4.74 Å². The van der Waals surface area contributed by atoms with Gasteiger partial charge in [0.05, 0.1) is 19.0 Å². The standard InChI is InChI=1S/C20H20N4O3/c1-3-13-4-7-15(8-5-13)16-11-17(23-22-16)20(26)24-21-12-14-6-9-18(25)19(10-14)27-2/h4-12,25H,3H2,1-2H3,(H,22,23)(H,24,26)/b21-12-. The Bertz CT molecular complexity index is 962. The Morgan fingerprint density at radius 3 is 2.74 bits per heavy atom. The summed E-state index contributed by atoms with van der Waals surface area (Å²) in [5.41, 5.74) is 6.29. The van der Waals surface area contributed by atoms with Gasteiger partial charge in [0.1, 0.15) is 5.69 Å². The van der Waals surface area contributed by atoms with Gasteiger partial charge in [-0.15, -0.1) is 0 Å². The lowest BCUT2D eigenvalue weighted by Gasteiger charge is -2.03. The van der Waals surface area contributed by atoms with Crippen molar-refractivity contribution in [3.05, 3.63) is 65.4 Å². The zero-order valence-corrected chi connectivity index (χ0v) is 15.1. The number of phenols is 1. The Balaban J connectivity index is 1.65. The number of amides is 1. The van der Waals surface area contributed by atoms with E-state index >= 15 is 0 Å². The maximum absolute atomic E-state index is 12.2. The van der Waals surface area contributed by atoms with Crippen LogP contribution in [-0.2, 0) is 6.42 Å². The summed E-state index contributed by atoms with van der Waals surface area (Å²) in [5, 5.41) is 20.4. The number of benzene rings is 2. The van der Waals surface area contributed by atoms with Crippen LogP contribution in [-0.4, -0.2) is 34.5 Å². The van der Waals surface area contributed by atoms with Gasteiger partial charge >= 0.3 is 0 Å². The smallest absolute Gasteiger partial charge is 0.289 e. The molecule has 0 spiro atoms. The van der Waals surface area contributed by atoms with Crippen LogP contribution in [0.3, 0.4) is 0 Å². The number of aryl methyl sites for hydroxylation is 1. The third-order valence-electron chi connectivity index (χ3n) is 4.06. The second kappa shape index (κ2) is 8.18. The van der Waals surface area contributed by atoms with Gasteiger partial charge in [-0.2, -0.15) is 10.2 Å². The lowest BCUT2D eigenvalue weighted by atomic mass is 10.1. The summed E-state index contributed by atoms with van der Waals surface area (Å²) < 4.78 is 5.03. The van der Waals surface area contributed by atoms with E-state index < -0.39 is 5.91 Å². The van der Waals surface area contributed by atoms with Crippen LogP contribution in [0, 0.1) is 0 Å². The van der Waals surface area contributed by atoms with Crippen LogP contribution >= 0.6 is 0 Å². The summed E-state index contributed by atoms with van der Waals surface area (Å²) in [4.78, 5) is 12.2. The molecular formula is C20H20N4O3. The molecule has 0 aliphatic carbocycles. The zero-order chi connectivity index (χ0) is 19.2. The Labute approximate surface area is 156 Å². The van der Waals surface area contributed by atoms with Crippen molar-refractivity contribution in [2.24, 2.45) is 5.10 Å². The molecule has 1 aromatic heterocycles. The quantitative estimate of drug-likeness (QED) is 0.462. The lowest BCUT2D eigenvalue weighted by Crippen LogP contribution is -2.18. The first-order chi connectivity index (χ1) is 13.1. The van der Waals surface area contributed by atoms with Crippen molar-refractivity contribution in [3.8, 4) is 22.8 Å². The van der Waals surface area contributed by atoms with Gasteiger partial charge in [0, 0.05) is 5.56 Å². The minimum atomic E-state index is -0.402. The van der Waals surface area contributed by atoms with Crippen LogP contribution in [0.15, 0.2) is 53.6 Å². The Kier molecular flexibility index (Phi) is 5.51. The van der Waals surface area contributed by atoms with Crippen LogP contribution in [0.4, 0.5) is 0 Å². The number of rotatable bonds is 6. The average molecular weight is 364 g/mol. The van der Waals surface area contributed by atoms with Crippen molar-refractivity contribution < 1.29 is 14.6 Å². The van der Waals surface area contributed by atoms with Gasteiger partial charge in [-0.05, 0) is 41.8 Å². The molecule has 1 heterocycles. The molecule has 2 aromatic carbocycles. The summed E-state index contributed by atoms with van der Waals surface area (Å²) in [5.74, 6) is -0.0332. The highest BCUT2D eigenvalue weighted by Crippen LogP contribution is 2.25. The molecular weight excluding hydrogens is 344 g/mol. The maximum Gasteiger partial charge on any atom is 0.289 e. The third-order valence-corrected chi connectivity index (χ3v) is 4.06. The summed E-state index contributed by atoms with van der Waals surface area (Å²) >= 11 is 0. The van der Waals surface area contributed by atoms with Gasteiger partial charge < -0.3 is 9.84 Å². The minimum absolute atomic E-state index is 0.0376. The molecule has 7 nitrogen and oxygen atoms in total. The number of methoxy groups -OCH3 is 1. The van der Waals surface area contributed by atoms with E-state index in [1.807, 2.05) is 24.3 Å². The highest BCUT2D eigenvalue weighted by Gasteiger charge is 2.10. The summed E-state index contributed by atoms with van der Waals surface area (Å²) in [6, 6.07) is 14.5. The van der Waals surface area contributed by atoms with E-state index in [0.29, 0.717) is 22.7 Å². The number of ether oxygens (including phenoxy) is 1. The molecule has 0 unspecified atom stereocenters. The topological polar surface area (TPSA) is 99.6 Å². The SMILES string of the molecule is CCc1ccc(-c2cc(C(=O)N/N=C\c3ccc(O)c(OC)c3)[nH]n2)cc1. The average Bonchev–Trinajstić information content (AvgIpc) is 3.19. The Hall–Kier alpha value is -3.61. The number of aromatic nitrogens is 2. The predicted molar refractivity (Wildman–Crippen MR) is 103 cm³/mol. The molecule has 0 aliphatic rings. The van der Waals surface area contributed by atoms with Crippen molar-refractivity contribution in [1.82, 2.24) is 15.6 Å². The number of aromatic amines is 1. The van der Waals surface area contributed by atoms with Crippen LogP contribution in [0.2, 0.25) is 0 Å². The molecule has 3 N–H and O–H groups in total. The van der Waals surface area contributed by atoms with Crippen molar-refractivity contribution in [2.75, 3.05) is 7.11 Å². The Morgan fingerprint density at radius 1 is 1.26 bits per heavy atom. The van der Waals surface area contributed by atoms with Gasteiger partial charge in [-0.25, -0.2) is 5.43 Å². The minimum Gasteiger partial charge on any atom is -0.504 e. The zero-order valence-electron chi connectivity index (χ0n) is 15.1. The highest BCUT2D eigenvalue weighted by molar-refractivity contribution is 5.94. The van der Waals surface area contributed by atoms with Gasteiger partial charge in [-0.3, -0.25) is 9.89 Å². The van der Waals surface area contributed by atoms with Gasteiger partial charge in [0.25, 0.3) is 5.91 Å². The Morgan fingerprint density at radius 2 is 2.04 bits per heavy atom. The van der Waals surface area contributed by atoms with Crippen LogP contribution in [0.5, 0.6) is 11.5 Å². The molecule has 0 saturated heterocycles. The maximum atomic E-state index is 12.2. The number of hydrogen-bond acceptors (Lipinski definition) is 5. The number of phenolic OH excluding ortho intramolecular Hbond substituents is 1. The number of H-pyrrole nitrogens is 1. The first-order valence-corrected chi connectivity index (χ1v) is 8.46. The number of hydrazone groups is 1. The first-order valence-electron chi connectivity index (χ1n) is 8.46. The van der Waals surface area contributed by atoms with Crippen LogP contribution in [0.1, 0.15) is 28.5 Å². The fourth-order valence-corrected chi connectivity index (χ4v) is 2.50. The number of nitrogens with zero attached hydrogens (tertiary/aromatic N) is 2. The molecule has 1 amide bonds. The highest BCUT2D eigenvalue weighted by atomic mass is 16.5. The number of nitrogens with one attached hydrogen (secondary N) is 2. The molecule has 0 aliphatic heterocycles. The van der Waals surface area contributed by atoms with E-state index in [2.05, 4.69) is 27.6 Å². The molecule has 138 valence electrons. The molecule has 0 bridgehead atoms. The summed E-state index contributed by atoms with van der Waals surface area (Å²) in [6.45, 7) is 2.10. The summed E-state index contributed by atoms with van der Waals surface area (Å²) in [6.07, 6.45) is 2.43. The van der Waals surface area contributed by atoms with Gasteiger partial charge in [0.2, 0.25) is 0 Å². The fraction of sp³-hybridized carbons (Fsp3) is 0.150. The van der Waals surface area contributed by atoms with Crippen LogP contribution in [0.25, 0.3) is 11.3 Å². The second-order valence-corrected chi connectivity index (χ2v) is 5.85. The van der Waals surface area contributed by atoms with E-state index in [1.54, 1.807) is 18.2 Å². The number of aromatic hydroxyl groups is 1. The van der Waals surface area contributed by atoms with E-state index in [1.165, 1.54) is 25.0 Å². The molecule has 27 heavy (non-hydrogen) atoms. The fourth-order valence-electron chi connectivity index (χ4n) is 2.50. The van der Waals surface area contributed by atoms with Crippen molar-refractivity contribution in [2.45, 2.75) is 13.3 Å². The monoisotopic (exact) mass is 364 g/mol. The lowest BCUT2D eigenvalue weighted by molar-refractivity contribution is 0.0950. The first kappa shape index (κ1) is 18.2. The number of hydrogen-bond donors (Lipinski definition) is 3. The number of carbonyl (C=O) groups is 1. The van der Waals surface area contributed by atoms with Gasteiger partial charge in [0.15, 0.2) is 11.5 Å². The second-order valence-electron chi connectivity index (χ2n) is 5.85. The van der Waals surface area contributed by atoms with E-state index in [9.17, 15) is 9.90 Å². The van der Waals surface area contributed by atoms with E-state index in [0.717, 1.165) is 12.0 Å². The van der Waals surface area contributed by atoms with E-state index in [-0.39, 0.29) is 5.75 Å². The molecule has 0 saturated carbocycles. The number of carbonyl (C=O) groups excluding carboxylic acids is 1.